The number of alkyl halides is 3. The van der Waals surface area contributed by atoms with Crippen LogP contribution in [0, 0.1) is 0 Å². The molecular formula is C13H14ClF3N2O2. The maximum atomic E-state index is 13.0. The Kier molecular flexibility index (Phi) is 4.06. The maximum Gasteiger partial charge on any atom is 0.418 e. The van der Waals surface area contributed by atoms with Crippen molar-refractivity contribution < 1.29 is 23.1 Å². The molecule has 2 rings (SSSR count). The van der Waals surface area contributed by atoms with E-state index in [0.717, 1.165) is 6.07 Å². The number of carboxylic acid groups (broad SMARTS) is 1. The van der Waals surface area contributed by atoms with Gasteiger partial charge < -0.3 is 10.0 Å². The van der Waals surface area contributed by atoms with Crippen LogP contribution in [-0.4, -0.2) is 33.2 Å². The Balaban J connectivity index is 2.39. The minimum Gasteiger partial charge on any atom is -0.465 e. The first kappa shape index (κ1) is 15.9. The van der Waals surface area contributed by atoms with Crippen LogP contribution in [0.15, 0.2) is 12.3 Å². The molecule has 1 unspecified atom stereocenters. The van der Waals surface area contributed by atoms with Gasteiger partial charge in [0, 0.05) is 18.3 Å². The molecule has 1 aromatic heterocycles. The number of nitrogens with zero attached hydrogens (tertiary/aromatic N) is 2. The highest BCUT2D eigenvalue weighted by Gasteiger charge is 2.42. The molecule has 0 bridgehead atoms. The summed E-state index contributed by atoms with van der Waals surface area (Å²) in [6.45, 7) is 1.98. The lowest BCUT2D eigenvalue weighted by Gasteiger charge is -2.34. The molecule has 8 heteroatoms. The van der Waals surface area contributed by atoms with Gasteiger partial charge in [0.05, 0.1) is 5.56 Å². The largest absolute Gasteiger partial charge is 0.465 e. The van der Waals surface area contributed by atoms with Crippen LogP contribution in [0.5, 0.6) is 0 Å². The highest BCUT2D eigenvalue weighted by molar-refractivity contribution is 6.29. The molecule has 4 nitrogen and oxygen atoms in total. The Bertz CT molecular complexity index is 565. The van der Waals surface area contributed by atoms with Crippen molar-refractivity contribution in [3.63, 3.8) is 0 Å². The monoisotopic (exact) mass is 322 g/mol. The third kappa shape index (κ3) is 3.23. The molecule has 0 spiro atoms. The van der Waals surface area contributed by atoms with Gasteiger partial charge in [-0.3, -0.25) is 0 Å². The molecule has 0 radical (unpaired) electrons. The average molecular weight is 323 g/mol. The summed E-state index contributed by atoms with van der Waals surface area (Å²) in [5.41, 5.74) is -1.76. The van der Waals surface area contributed by atoms with Gasteiger partial charge in [0.25, 0.3) is 0 Å². The Morgan fingerprint density at radius 1 is 1.57 bits per heavy atom. The molecule has 1 aromatic rings. The fourth-order valence-electron chi connectivity index (χ4n) is 2.81. The van der Waals surface area contributed by atoms with Crippen molar-refractivity contribution in [1.29, 1.82) is 0 Å². The number of pyridine rings is 1. The zero-order chi connectivity index (χ0) is 15.8. The second kappa shape index (κ2) is 5.36. The van der Waals surface area contributed by atoms with E-state index < -0.39 is 23.4 Å². The molecule has 0 aromatic carbocycles. The lowest BCUT2D eigenvalue weighted by Crippen LogP contribution is -2.46. The fourth-order valence-corrected chi connectivity index (χ4v) is 2.99. The van der Waals surface area contributed by atoms with Gasteiger partial charge in [-0.1, -0.05) is 11.6 Å². The number of amides is 1. The lowest BCUT2D eigenvalue weighted by atomic mass is 9.88. The van der Waals surface area contributed by atoms with Crippen LogP contribution in [0.3, 0.4) is 0 Å². The smallest absolute Gasteiger partial charge is 0.418 e. The van der Waals surface area contributed by atoms with Crippen LogP contribution in [0.1, 0.15) is 30.9 Å². The molecule has 21 heavy (non-hydrogen) atoms. The zero-order valence-corrected chi connectivity index (χ0v) is 12.0. The molecule has 0 saturated carbocycles. The minimum atomic E-state index is -4.55. The van der Waals surface area contributed by atoms with Crippen molar-refractivity contribution >= 4 is 17.7 Å². The van der Waals surface area contributed by atoms with E-state index in [9.17, 15) is 23.1 Å². The van der Waals surface area contributed by atoms with Gasteiger partial charge in [-0.15, -0.1) is 0 Å². The van der Waals surface area contributed by atoms with E-state index in [1.807, 2.05) is 0 Å². The number of rotatable bonds is 2. The average Bonchev–Trinajstić information content (AvgIpc) is 2.69. The number of likely N-dealkylation sites (tertiary alicyclic amines) is 1. The lowest BCUT2D eigenvalue weighted by molar-refractivity contribution is -0.138. The predicted octanol–water partition coefficient (Wildman–Crippen LogP) is 3.83. The minimum absolute atomic E-state index is 0.0295. The van der Waals surface area contributed by atoms with Crippen LogP contribution in [0.4, 0.5) is 18.0 Å². The van der Waals surface area contributed by atoms with Crippen LogP contribution in [-0.2, 0) is 12.6 Å². The molecule has 2 heterocycles. The second-order valence-corrected chi connectivity index (χ2v) is 5.76. The van der Waals surface area contributed by atoms with Crippen molar-refractivity contribution in [2.45, 2.75) is 37.9 Å². The highest BCUT2D eigenvalue weighted by atomic mass is 35.5. The fraction of sp³-hybridized carbons (Fsp3) is 0.538. The van der Waals surface area contributed by atoms with Crippen molar-refractivity contribution in [2.75, 3.05) is 6.54 Å². The van der Waals surface area contributed by atoms with E-state index in [1.54, 1.807) is 6.92 Å². The third-order valence-electron chi connectivity index (χ3n) is 3.81. The van der Waals surface area contributed by atoms with Crippen LogP contribution in [0.2, 0.25) is 5.15 Å². The number of hydrogen-bond acceptors (Lipinski definition) is 2. The Morgan fingerprint density at radius 2 is 2.24 bits per heavy atom. The van der Waals surface area contributed by atoms with E-state index in [0.29, 0.717) is 25.6 Å². The number of halogens is 4. The van der Waals surface area contributed by atoms with Crippen LogP contribution in [0.25, 0.3) is 0 Å². The van der Waals surface area contributed by atoms with E-state index in [4.69, 9.17) is 11.6 Å². The predicted molar refractivity (Wildman–Crippen MR) is 70.3 cm³/mol. The first-order valence-electron chi connectivity index (χ1n) is 6.36. The summed E-state index contributed by atoms with van der Waals surface area (Å²) >= 11 is 5.69. The van der Waals surface area contributed by atoms with E-state index in [2.05, 4.69) is 4.98 Å². The summed E-state index contributed by atoms with van der Waals surface area (Å²) in [5.74, 6) is 0. The molecule has 1 atom stereocenters. The molecular weight excluding hydrogens is 309 g/mol. The molecule has 0 aliphatic carbocycles. The number of carbonyl (C=O) groups is 1. The molecule has 1 aliphatic heterocycles. The van der Waals surface area contributed by atoms with E-state index >= 15 is 0 Å². The SMILES string of the molecule is CC1(Cc2cc(Cl)ncc2C(F)(F)F)CCCN1C(=O)O. The maximum absolute atomic E-state index is 13.0. The quantitative estimate of drug-likeness (QED) is 0.842. The summed E-state index contributed by atoms with van der Waals surface area (Å²) < 4.78 is 39.1. The summed E-state index contributed by atoms with van der Waals surface area (Å²) in [6.07, 6.45) is -3.88. The first-order valence-corrected chi connectivity index (χ1v) is 6.73. The molecule has 1 aliphatic rings. The summed E-state index contributed by atoms with van der Waals surface area (Å²) in [6, 6.07) is 1.16. The standard InChI is InChI=1S/C13H14ClF3N2O2/c1-12(3-2-4-19(12)11(20)21)6-8-5-10(14)18-7-9(8)13(15,16)17/h5,7H,2-4,6H2,1H3,(H,20,21). The summed E-state index contributed by atoms with van der Waals surface area (Å²) in [4.78, 5) is 15.9. The topological polar surface area (TPSA) is 53.4 Å². The van der Waals surface area contributed by atoms with Crippen molar-refractivity contribution in [1.82, 2.24) is 9.88 Å². The highest BCUT2D eigenvalue weighted by Crippen LogP contribution is 2.38. The van der Waals surface area contributed by atoms with Gasteiger partial charge in [-0.05, 0) is 37.8 Å². The van der Waals surface area contributed by atoms with E-state index in [-0.39, 0.29) is 17.1 Å². The van der Waals surface area contributed by atoms with Gasteiger partial charge >= 0.3 is 12.3 Å². The van der Waals surface area contributed by atoms with Crippen LogP contribution >= 0.6 is 11.6 Å². The number of aromatic nitrogens is 1. The first-order chi connectivity index (χ1) is 9.63. The number of hydrogen-bond donors (Lipinski definition) is 1. The van der Waals surface area contributed by atoms with Crippen LogP contribution < -0.4 is 0 Å². The molecule has 1 fully saturated rings. The Hall–Kier alpha value is -1.50. The van der Waals surface area contributed by atoms with Gasteiger partial charge in [0.1, 0.15) is 5.15 Å². The van der Waals surface area contributed by atoms with E-state index in [1.165, 1.54) is 4.90 Å². The van der Waals surface area contributed by atoms with Gasteiger partial charge in [0.15, 0.2) is 0 Å². The molecule has 1 saturated heterocycles. The molecule has 1 N–H and O–H groups in total. The summed E-state index contributed by atoms with van der Waals surface area (Å²) in [7, 11) is 0. The van der Waals surface area contributed by atoms with Crippen molar-refractivity contribution in [3.8, 4) is 0 Å². The van der Waals surface area contributed by atoms with Gasteiger partial charge in [0.2, 0.25) is 0 Å². The van der Waals surface area contributed by atoms with Crippen molar-refractivity contribution in [2.24, 2.45) is 0 Å². The third-order valence-corrected chi connectivity index (χ3v) is 4.02. The molecule has 116 valence electrons. The van der Waals surface area contributed by atoms with Gasteiger partial charge in [-0.2, -0.15) is 13.2 Å². The Morgan fingerprint density at radius 3 is 2.81 bits per heavy atom. The van der Waals surface area contributed by atoms with Gasteiger partial charge in [-0.25, -0.2) is 9.78 Å². The second-order valence-electron chi connectivity index (χ2n) is 5.37. The molecule has 1 amide bonds. The van der Waals surface area contributed by atoms with Crippen molar-refractivity contribution in [3.05, 3.63) is 28.5 Å². The summed E-state index contributed by atoms with van der Waals surface area (Å²) in [5, 5.41) is 9.14. The zero-order valence-electron chi connectivity index (χ0n) is 11.2. The normalized spacial score (nSPS) is 22.6. The Labute approximate surface area is 124 Å².